The normalized spacial score (nSPS) is 18.6. The van der Waals surface area contributed by atoms with Crippen LogP contribution in [0.25, 0.3) is 45.5 Å². The van der Waals surface area contributed by atoms with Gasteiger partial charge in [0.1, 0.15) is 0 Å². The van der Waals surface area contributed by atoms with Gasteiger partial charge in [0.05, 0.1) is 0 Å². The van der Waals surface area contributed by atoms with Gasteiger partial charge in [0.25, 0.3) is 0 Å². The first-order valence-electron chi connectivity index (χ1n) is 22.3. The van der Waals surface area contributed by atoms with Crippen LogP contribution in [0, 0.1) is 53.4 Å². The van der Waals surface area contributed by atoms with Crippen LogP contribution >= 0.6 is 17.2 Å². The van der Waals surface area contributed by atoms with E-state index in [1.807, 2.05) is 0 Å². The molecule has 305 valence electrons. The van der Waals surface area contributed by atoms with E-state index in [9.17, 15) is 17.2 Å². The SMILES string of the molecule is CCC(C)C1=Cc2c(-c3cc(C)cc(C)c3C)cccc2[CH]1[Hf]([Cl])([Cl])([c]1cccc2c1[SiH2]c1ccccc1-2)[CH]1C(C(C)CC)=Cc2c(-c3cc(C)cc(C)c3C)cccc21. The fourth-order valence-electron chi connectivity index (χ4n) is 11.5. The Hall–Kier alpha value is -3.53. The molecule has 6 aromatic carbocycles. The summed E-state index contributed by atoms with van der Waals surface area (Å²) in [6.45, 7) is 23.0. The number of benzene rings is 6. The maximum atomic E-state index is 9.49. The first kappa shape index (κ1) is 41.8. The zero-order chi connectivity index (χ0) is 42.4. The minimum absolute atomic E-state index is 0.0966. The van der Waals surface area contributed by atoms with E-state index in [1.165, 1.54) is 114 Å². The van der Waals surface area contributed by atoms with Gasteiger partial charge in [-0.05, 0) is 0 Å². The summed E-state index contributed by atoms with van der Waals surface area (Å²) in [7, 11) is 18.1. The Labute approximate surface area is 370 Å². The molecule has 0 bridgehead atoms. The van der Waals surface area contributed by atoms with Crippen LogP contribution in [0.1, 0.15) is 104 Å². The van der Waals surface area contributed by atoms with Crippen molar-refractivity contribution in [2.24, 2.45) is 11.8 Å². The summed E-state index contributed by atoms with van der Waals surface area (Å²) < 4.78 is 1.12. The summed E-state index contributed by atoms with van der Waals surface area (Å²) in [6, 6.07) is 39.7. The molecule has 4 atom stereocenters. The second kappa shape index (κ2) is 15.4. The Bertz CT molecular complexity index is 2680. The van der Waals surface area contributed by atoms with E-state index < -0.39 is 25.7 Å². The number of hydrogen-bond acceptors (Lipinski definition) is 0. The van der Waals surface area contributed by atoms with Crippen LogP contribution < -0.4 is 13.7 Å². The molecule has 0 amide bonds. The van der Waals surface area contributed by atoms with Gasteiger partial charge in [0.15, 0.2) is 0 Å². The molecule has 0 N–H and O–H groups in total. The minimum atomic E-state index is -5.89. The summed E-state index contributed by atoms with van der Waals surface area (Å²) in [5, 5.41) is 2.98. The number of hydrogen-bond donors (Lipinski definition) is 0. The van der Waals surface area contributed by atoms with Crippen molar-refractivity contribution >= 4 is 52.5 Å². The summed E-state index contributed by atoms with van der Waals surface area (Å²) in [5.41, 5.74) is 24.0. The van der Waals surface area contributed by atoms with E-state index in [0.29, 0.717) is 11.8 Å². The molecule has 1 aliphatic heterocycles. The van der Waals surface area contributed by atoms with Gasteiger partial charge in [-0.2, -0.15) is 0 Å². The molecule has 2 aliphatic carbocycles. The van der Waals surface area contributed by atoms with E-state index in [1.54, 1.807) is 0 Å². The van der Waals surface area contributed by atoms with Crippen LogP contribution in [0.5, 0.6) is 0 Å². The van der Waals surface area contributed by atoms with Gasteiger partial charge in [-0.1, -0.05) is 0 Å². The monoisotopic (exact) mass is 1010 g/mol. The van der Waals surface area contributed by atoms with E-state index in [-0.39, 0.29) is 7.35 Å². The molecule has 0 fully saturated rings. The van der Waals surface area contributed by atoms with Crippen molar-refractivity contribution in [3.8, 4) is 33.4 Å². The molecule has 6 aromatic rings. The van der Waals surface area contributed by atoms with E-state index in [4.69, 9.17) is 0 Å². The molecule has 0 saturated carbocycles. The molecule has 0 spiro atoms. The Morgan fingerprint density at radius 2 is 0.983 bits per heavy atom. The van der Waals surface area contributed by atoms with Crippen molar-refractivity contribution in [1.82, 2.24) is 0 Å². The van der Waals surface area contributed by atoms with Gasteiger partial charge in [-0.25, -0.2) is 0 Å². The number of aryl methyl sites for hydroxylation is 4. The van der Waals surface area contributed by atoms with Crippen molar-refractivity contribution < 1.29 is 16.1 Å². The predicted molar refractivity (Wildman–Crippen MR) is 264 cm³/mol. The van der Waals surface area contributed by atoms with Crippen molar-refractivity contribution in [2.75, 3.05) is 0 Å². The average molecular weight is 1010 g/mol. The topological polar surface area (TPSA) is 0 Å². The number of halogens is 2. The van der Waals surface area contributed by atoms with Crippen molar-refractivity contribution in [3.05, 3.63) is 170 Å². The summed E-state index contributed by atoms with van der Waals surface area (Å²) in [5.74, 6) is 0.604. The third-order valence-corrected chi connectivity index (χ3v) is 46.7. The summed E-state index contributed by atoms with van der Waals surface area (Å²) in [4.78, 5) is 0. The number of allylic oxidation sites excluding steroid dienone is 2. The molecule has 0 radical (unpaired) electrons. The second-order valence-electron chi connectivity index (χ2n) is 18.7. The molecule has 60 heavy (non-hydrogen) atoms. The quantitative estimate of drug-likeness (QED) is 0.126. The molecule has 0 saturated heterocycles. The zero-order valence-electron chi connectivity index (χ0n) is 37.2. The Kier molecular flexibility index (Phi) is 10.7. The van der Waals surface area contributed by atoms with Crippen LogP contribution in [-0.2, 0) is 16.1 Å². The van der Waals surface area contributed by atoms with E-state index in [0.717, 1.165) is 12.8 Å². The zero-order valence-corrected chi connectivity index (χ0v) is 43.7. The first-order valence-corrected chi connectivity index (χ1v) is 38.6. The molecule has 9 rings (SSSR count). The third kappa shape index (κ3) is 6.28. The Morgan fingerprint density at radius 3 is 1.48 bits per heavy atom. The molecule has 0 nitrogen and oxygen atoms in total. The maximum absolute atomic E-state index is 9.49. The van der Waals surface area contributed by atoms with E-state index in [2.05, 4.69) is 185 Å². The van der Waals surface area contributed by atoms with Crippen molar-refractivity contribution in [2.45, 2.75) is 89.4 Å². The Morgan fingerprint density at radius 1 is 0.533 bits per heavy atom. The average Bonchev–Trinajstić information content (AvgIpc) is 3.96. The standard InChI is InChI=1S/2C22H25.C12H9Si.2ClH.Hf/c2*1-6-15(3)19-12-18-8-7-9-20(22(18)13-19)21-11-14(2)10-16(4)17(21)5;1-3-7-11-9(5-1)10-6-2-4-8-12(10)13-11;;;/h2*7-13,15H,6H2,1-5H3;1-7H,13H2;2*1H;/q;;;;;+2/p-2. The molecular formula is C56H59Cl2HfSi. The van der Waals surface area contributed by atoms with E-state index >= 15 is 0 Å². The summed E-state index contributed by atoms with van der Waals surface area (Å²) in [6.07, 6.45) is 7.17. The van der Waals surface area contributed by atoms with Crippen molar-refractivity contribution in [3.63, 3.8) is 0 Å². The van der Waals surface area contributed by atoms with Crippen LogP contribution in [-0.4, -0.2) is 9.52 Å². The molecule has 3 aliphatic rings. The van der Waals surface area contributed by atoms with Gasteiger partial charge in [-0.15, -0.1) is 0 Å². The third-order valence-electron chi connectivity index (χ3n) is 15.2. The first-order chi connectivity index (χ1) is 28.7. The van der Waals surface area contributed by atoms with Gasteiger partial charge < -0.3 is 0 Å². The molecule has 0 aromatic heterocycles. The number of fused-ring (bicyclic) bond motifs is 5. The van der Waals surface area contributed by atoms with Gasteiger partial charge in [-0.3, -0.25) is 0 Å². The van der Waals surface area contributed by atoms with Crippen LogP contribution in [0.4, 0.5) is 0 Å². The van der Waals surface area contributed by atoms with Crippen LogP contribution in [0.3, 0.4) is 0 Å². The van der Waals surface area contributed by atoms with Gasteiger partial charge in [0, 0.05) is 0 Å². The van der Waals surface area contributed by atoms with Gasteiger partial charge >= 0.3 is 373 Å². The fraction of sp³-hybridized carbons (Fsp3) is 0.286. The number of rotatable bonds is 9. The summed E-state index contributed by atoms with van der Waals surface area (Å²) >= 11 is -5.89. The fourth-order valence-corrected chi connectivity index (χ4v) is 50.7. The molecular weight excluding hydrogens is 950 g/mol. The van der Waals surface area contributed by atoms with Crippen LogP contribution in [0.15, 0.2) is 114 Å². The second-order valence-corrected chi connectivity index (χ2v) is 49.8. The Balaban J connectivity index is 1.41. The van der Waals surface area contributed by atoms with Gasteiger partial charge in [0.2, 0.25) is 0 Å². The molecule has 4 unspecified atom stereocenters. The predicted octanol–water partition coefficient (Wildman–Crippen LogP) is 14.0. The van der Waals surface area contributed by atoms with Crippen LogP contribution in [0.2, 0.25) is 0 Å². The molecule has 4 heteroatoms. The molecule has 1 heterocycles. The van der Waals surface area contributed by atoms with Crippen molar-refractivity contribution in [1.29, 1.82) is 0 Å².